The molecule has 0 fully saturated rings. The molecule has 0 amide bonds. The maximum absolute atomic E-state index is 6.41. The second-order valence-corrected chi connectivity index (χ2v) is 8.15. The Balaban J connectivity index is 1.50. The van der Waals surface area contributed by atoms with E-state index in [0.29, 0.717) is 6.73 Å². The first-order valence-electron chi connectivity index (χ1n) is 9.58. The van der Waals surface area contributed by atoms with Gasteiger partial charge in [0.05, 0.1) is 16.6 Å². The molecule has 3 nitrogen and oxygen atoms in total. The molecule has 1 N–H and O–H groups in total. The van der Waals surface area contributed by atoms with Gasteiger partial charge in [0.1, 0.15) is 5.75 Å². The highest BCUT2D eigenvalue weighted by Gasteiger charge is 2.13. The molecular weight excluding hydrogens is 424 g/mol. The molecule has 2 heterocycles. The summed E-state index contributed by atoms with van der Waals surface area (Å²) in [5, 5.41) is 4.78. The highest BCUT2D eigenvalue weighted by atomic mass is 79.9. The molecule has 0 bridgehead atoms. The number of benzene rings is 4. The molecule has 6 rings (SSSR count). The van der Waals surface area contributed by atoms with Crippen molar-refractivity contribution in [3.8, 4) is 5.75 Å². The van der Waals surface area contributed by atoms with Gasteiger partial charge in [-0.1, -0.05) is 58.4 Å². The number of rotatable bonds is 3. The SMILES string of the molecule is Brc1ccc2c(c1)c1ccccc1n2COc1cccc2[nH]c3ccccc3c12. The first-order chi connectivity index (χ1) is 14.3. The van der Waals surface area contributed by atoms with E-state index in [1.54, 1.807) is 0 Å². The maximum atomic E-state index is 6.41. The number of nitrogens with one attached hydrogen (secondary N) is 1. The maximum Gasteiger partial charge on any atom is 0.165 e. The average Bonchev–Trinajstić information content (AvgIpc) is 3.28. The van der Waals surface area contributed by atoms with Gasteiger partial charge in [-0.05, 0) is 42.5 Å². The second-order valence-electron chi connectivity index (χ2n) is 7.23. The van der Waals surface area contributed by atoms with Gasteiger partial charge in [-0.3, -0.25) is 0 Å². The molecule has 4 aromatic carbocycles. The van der Waals surface area contributed by atoms with Crippen LogP contribution in [-0.4, -0.2) is 9.55 Å². The molecule has 6 aromatic rings. The van der Waals surface area contributed by atoms with E-state index in [-0.39, 0.29) is 0 Å². The number of hydrogen-bond acceptors (Lipinski definition) is 1. The number of fused-ring (bicyclic) bond motifs is 6. The van der Waals surface area contributed by atoms with Crippen molar-refractivity contribution in [2.75, 3.05) is 0 Å². The van der Waals surface area contributed by atoms with Crippen LogP contribution in [0.5, 0.6) is 5.75 Å². The van der Waals surface area contributed by atoms with Crippen LogP contribution in [0.15, 0.2) is 89.4 Å². The molecule has 140 valence electrons. The average molecular weight is 441 g/mol. The number of halogens is 1. The molecule has 0 atom stereocenters. The zero-order valence-corrected chi connectivity index (χ0v) is 17.1. The fourth-order valence-electron chi connectivity index (χ4n) is 4.29. The predicted octanol–water partition coefficient (Wildman–Crippen LogP) is 7.23. The molecule has 0 unspecified atom stereocenters. The van der Waals surface area contributed by atoms with Crippen LogP contribution in [0, 0.1) is 0 Å². The number of nitrogens with zero attached hydrogens (tertiary/aromatic N) is 1. The summed E-state index contributed by atoms with van der Waals surface area (Å²) >= 11 is 3.60. The number of H-pyrrole nitrogens is 1. The van der Waals surface area contributed by atoms with Crippen LogP contribution in [0.25, 0.3) is 43.6 Å². The van der Waals surface area contributed by atoms with Crippen molar-refractivity contribution in [1.82, 2.24) is 9.55 Å². The van der Waals surface area contributed by atoms with Crippen LogP contribution < -0.4 is 4.74 Å². The van der Waals surface area contributed by atoms with Crippen molar-refractivity contribution in [1.29, 1.82) is 0 Å². The van der Waals surface area contributed by atoms with Crippen molar-refractivity contribution in [2.45, 2.75) is 6.73 Å². The Morgan fingerprint density at radius 2 is 1.48 bits per heavy atom. The van der Waals surface area contributed by atoms with Crippen molar-refractivity contribution >= 4 is 59.5 Å². The molecule has 0 aliphatic heterocycles. The lowest BCUT2D eigenvalue weighted by Gasteiger charge is -2.11. The van der Waals surface area contributed by atoms with E-state index in [1.807, 2.05) is 12.1 Å². The zero-order valence-electron chi connectivity index (χ0n) is 15.5. The van der Waals surface area contributed by atoms with E-state index in [2.05, 4.69) is 98.3 Å². The Hall–Kier alpha value is -3.24. The van der Waals surface area contributed by atoms with Gasteiger partial charge in [-0.15, -0.1) is 0 Å². The fraction of sp³-hybridized carbons (Fsp3) is 0.0400. The smallest absolute Gasteiger partial charge is 0.165 e. The van der Waals surface area contributed by atoms with E-state index in [4.69, 9.17) is 4.74 Å². The standard InChI is InChI=1S/C25H17BrN2O/c26-16-12-13-23-19(14-16)17-6-2-4-10-22(17)28(23)15-29-24-11-5-9-21-25(24)18-7-1-3-8-20(18)27-21/h1-14,27H,15H2. The lowest BCUT2D eigenvalue weighted by Crippen LogP contribution is -2.05. The molecule has 0 saturated carbocycles. The van der Waals surface area contributed by atoms with Crippen LogP contribution >= 0.6 is 15.9 Å². The van der Waals surface area contributed by atoms with Crippen LogP contribution in [0.1, 0.15) is 0 Å². The van der Waals surface area contributed by atoms with E-state index < -0.39 is 0 Å². The largest absolute Gasteiger partial charge is 0.472 e. The first kappa shape index (κ1) is 16.7. The summed E-state index contributed by atoms with van der Waals surface area (Å²) in [5.41, 5.74) is 4.56. The topological polar surface area (TPSA) is 29.9 Å². The third-order valence-corrected chi connectivity index (χ3v) is 6.07. The highest BCUT2D eigenvalue weighted by Crippen LogP contribution is 2.35. The molecular formula is C25H17BrN2O. The molecule has 4 heteroatoms. The van der Waals surface area contributed by atoms with E-state index in [1.165, 1.54) is 27.2 Å². The van der Waals surface area contributed by atoms with E-state index in [0.717, 1.165) is 26.6 Å². The molecule has 29 heavy (non-hydrogen) atoms. The van der Waals surface area contributed by atoms with Crippen LogP contribution in [0.2, 0.25) is 0 Å². The lowest BCUT2D eigenvalue weighted by molar-refractivity contribution is 0.249. The van der Waals surface area contributed by atoms with Gasteiger partial charge in [0.2, 0.25) is 0 Å². The molecule has 0 saturated heterocycles. The molecule has 0 spiro atoms. The van der Waals surface area contributed by atoms with Crippen LogP contribution in [0.3, 0.4) is 0 Å². The van der Waals surface area contributed by atoms with Gasteiger partial charge in [-0.25, -0.2) is 0 Å². The minimum Gasteiger partial charge on any atom is -0.472 e. The highest BCUT2D eigenvalue weighted by molar-refractivity contribution is 9.10. The van der Waals surface area contributed by atoms with Crippen molar-refractivity contribution < 1.29 is 4.74 Å². The summed E-state index contributed by atoms with van der Waals surface area (Å²) in [4.78, 5) is 3.49. The summed E-state index contributed by atoms with van der Waals surface area (Å²) in [6.45, 7) is 0.449. The second kappa shape index (κ2) is 6.39. The van der Waals surface area contributed by atoms with E-state index >= 15 is 0 Å². The van der Waals surface area contributed by atoms with E-state index in [9.17, 15) is 0 Å². The Morgan fingerprint density at radius 3 is 2.41 bits per heavy atom. The fourth-order valence-corrected chi connectivity index (χ4v) is 4.65. The number of hydrogen-bond donors (Lipinski definition) is 1. The number of para-hydroxylation sites is 2. The van der Waals surface area contributed by atoms with Gasteiger partial charge in [-0.2, -0.15) is 0 Å². The Bertz CT molecular complexity index is 1530. The number of aromatic nitrogens is 2. The van der Waals surface area contributed by atoms with Crippen LogP contribution in [-0.2, 0) is 6.73 Å². The summed E-state index contributed by atoms with van der Waals surface area (Å²) < 4.78 is 9.73. The number of aromatic amines is 1. The summed E-state index contributed by atoms with van der Waals surface area (Å²) in [5.74, 6) is 0.892. The normalized spacial score (nSPS) is 11.8. The predicted molar refractivity (Wildman–Crippen MR) is 124 cm³/mol. The van der Waals surface area contributed by atoms with Crippen molar-refractivity contribution in [2.24, 2.45) is 0 Å². The minimum absolute atomic E-state index is 0.449. The third kappa shape index (κ3) is 2.56. The lowest BCUT2D eigenvalue weighted by atomic mass is 10.1. The van der Waals surface area contributed by atoms with Crippen molar-refractivity contribution in [3.63, 3.8) is 0 Å². The first-order valence-corrected chi connectivity index (χ1v) is 10.4. The van der Waals surface area contributed by atoms with Gasteiger partial charge < -0.3 is 14.3 Å². The summed E-state index contributed by atoms with van der Waals surface area (Å²) in [6.07, 6.45) is 0. The minimum atomic E-state index is 0.449. The molecule has 0 aliphatic carbocycles. The molecule has 0 radical (unpaired) electrons. The Labute approximate surface area is 175 Å². The van der Waals surface area contributed by atoms with Crippen molar-refractivity contribution in [3.05, 3.63) is 89.4 Å². The quantitative estimate of drug-likeness (QED) is 0.309. The Kier molecular flexibility index (Phi) is 3.68. The number of ether oxygens (including phenoxy) is 1. The van der Waals surface area contributed by atoms with Gasteiger partial charge in [0.25, 0.3) is 0 Å². The van der Waals surface area contributed by atoms with Crippen LogP contribution in [0.4, 0.5) is 0 Å². The zero-order chi connectivity index (χ0) is 19.4. The monoisotopic (exact) mass is 440 g/mol. The van der Waals surface area contributed by atoms with Gasteiger partial charge in [0, 0.05) is 31.5 Å². The molecule has 0 aliphatic rings. The third-order valence-electron chi connectivity index (χ3n) is 5.58. The van der Waals surface area contributed by atoms with Gasteiger partial charge >= 0.3 is 0 Å². The molecule has 2 aromatic heterocycles. The summed E-state index contributed by atoms with van der Waals surface area (Å²) in [6, 6.07) is 29.4. The van der Waals surface area contributed by atoms with Gasteiger partial charge in [0.15, 0.2) is 6.73 Å². The Morgan fingerprint density at radius 1 is 0.724 bits per heavy atom. The summed E-state index contributed by atoms with van der Waals surface area (Å²) in [7, 11) is 0.